The van der Waals surface area contributed by atoms with Gasteiger partial charge in [-0.3, -0.25) is 0 Å². The van der Waals surface area contributed by atoms with Crippen LogP contribution in [0.5, 0.6) is 0 Å². The van der Waals surface area contributed by atoms with E-state index < -0.39 is 28.4 Å². The van der Waals surface area contributed by atoms with Crippen molar-refractivity contribution >= 4 is 22.1 Å². The molecule has 0 N–H and O–H groups in total. The first-order valence-corrected chi connectivity index (χ1v) is 26.3. The Bertz CT molecular complexity index is 1360. The van der Waals surface area contributed by atoms with Gasteiger partial charge in [0.25, 0.3) is 0 Å². The minimum absolute atomic E-state index is 0.143. The first-order valence-electron chi connectivity index (χ1n) is 18.9. The Morgan fingerprint density at radius 2 is 1.06 bits per heavy atom. The first-order chi connectivity index (χ1) is 24.7. The van der Waals surface area contributed by atoms with Crippen molar-refractivity contribution in [2.45, 2.75) is 116 Å². The van der Waals surface area contributed by atoms with Crippen LogP contribution in [0.15, 0.2) is 89.0 Å². The van der Waals surface area contributed by atoms with Crippen LogP contribution < -0.4 is 0 Å². The molecule has 3 rings (SSSR count). The largest absolute Gasteiger partial charge is 0.356 e. The number of allylic oxidation sites excluding steroid dienone is 2. The molecule has 10 heteroatoms. The van der Waals surface area contributed by atoms with E-state index in [4.69, 9.17) is 18.9 Å². The molecular weight excluding hydrogens is 681 g/mol. The second-order valence-electron chi connectivity index (χ2n) is 16.8. The number of ether oxygens (including phenoxy) is 4. The Balaban J connectivity index is 2.25. The number of benzene rings is 2. The third-order valence-corrected chi connectivity index (χ3v) is 12.6. The molecule has 1 aliphatic heterocycles. The van der Waals surface area contributed by atoms with Gasteiger partial charge in [-0.05, 0) is 63.8 Å². The van der Waals surface area contributed by atoms with Crippen molar-refractivity contribution in [2.24, 2.45) is 4.99 Å². The lowest BCUT2D eigenvalue weighted by Gasteiger charge is -2.38. The van der Waals surface area contributed by atoms with Crippen LogP contribution in [0.2, 0.25) is 51.4 Å². The van der Waals surface area contributed by atoms with E-state index >= 15 is 0 Å². The number of rotatable bonds is 20. The summed E-state index contributed by atoms with van der Waals surface area (Å²) < 4.78 is 26.4. The van der Waals surface area contributed by atoms with Crippen LogP contribution in [-0.2, 0) is 31.8 Å². The van der Waals surface area contributed by atoms with E-state index in [1.165, 1.54) is 22.3 Å². The van der Waals surface area contributed by atoms with Crippen LogP contribution in [0.25, 0.3) is 0 Å². The number of nitrogens with zero attached hydrogens (tertiary/aromatic N) is 4. The molecular formula is C42H66N4O4Si2. The highest BCUT2D eigenvalue weighted by atomic mass is 28.3. The number of hydrogen-bond donors (Lipinski definition) is 0. The average Bonchev–Trinajstić information content (AvgIpc) is 3.15. The van der Waals surface area contributed by atoms with Crippen LogP contribution in [0.1, 0.15) is 38.8 Å². The van der Waals surface area contributed by atoms with Gasteiger partial charge in [0.1, 0.15) is 25.8 Å². The van der Waals surface area contributed by atoms with Crippen molar-refractivity contribution in [3.8, 4) is 6.19 Å². The van der Waals surface area contributed by atoms with Crippen molar-refractivity contribution in [3.05, 3.63) is 95.1 Å². The SMILES string of the molecule is CC(C)=CCN1C(=NC#N)N(CC=C(C)C)[C@H](Cc2ccccc2)[C@H](OCOCC[Si](C)(C)C)[C@@H](OCOCC[Si](C)(C)C)[C@H]1Cc1ccccc1. The fraction of sp³-hybridized carbons (Fsp3) is 0.571. The highest BCUT2D eigenvalue weighted by molar-refractivity contribution is 6.76. The maximum absolute atomic E-state index is 10.3. The molecule has 0 amide bonds. The third kappa shape index (κ3) is 15.5. The normalized spacial score (nSPS) is 19.5. The van der Waals surface area contributed by atoms with Gasteiger partial charge < -0.3 is 28.7 Å². The highest BCUT2D eigenvalue weighted by Gasteiger charge is 2.48. The molecule has 1 aliphatic rings. The third-order valence-electron chi connectivity index (χ3n) is 9.19. The molecule has 1 fully saturated rings. The predicted molar refractivity (Wildman–Crippen MR) is 221 cm³/mol. The number of guanidine groups is 1. The lowest BCUT2D eigenvalue weighted by atomic mass is 9.90. The quantitative estimate of drug-likeness (QED) is 0.0440. The van der Waals surface area contributed by atoms with Gasteiger partial charge in [0.2, 0.25) is 12.2 Å². The molecule has 52 heavy (non-hydrogen) atoms. The van der Waals surface area contributed by atoms with E-state index in [1.54, 1.807) is 0 Å². The number of hydrogen-bond acceptors (Lipinski definition) is 6. The van der Waals surface area contributed by atoms with E-state index in [-0.39, 0.29) is 25.7 Å². The zero-order chi connectivity index (χ0) is 38.1. The Morgan fingerprint density at radius 3 is 1.38 bits per heavy atom. The van der Waals surface area contributed by atoms with E-state index in [9.17, 15) is 5.26 Å². The summed E-state index contributed by atoms with van der Waals surface area (Å²) in [7, 11) is -2.59. The molecule has 8 nitrogen and oxygen atoms in total. The predicted octanol–water partition coefficient (Wildman–Crippen LogP) is 8.99. The highest BCUT2D eigenvalue weighted by Crippen LogP contribution is 2.32. The Kier molecular flexibility index (Phi) is 18.0. The van der Waals surface area contributed by atoms with Crippen molar-refractivity contribution in [1.82, 2.24) is 9.80 Å². The molecule has 0 radical (unpaired) electrons. The molecule has 0 aliphatic carbocycles. The second kappa shape index (κ2) is 21.6. The summed E-state index contributed by atoms with van der Waals surface area (Å²) in [5.41, 5.74) is 4.71. The Hall–Kier alpha value is -3.05. The van der Waals surface area contributed by atoms with Gasteiger partial charge >= 0.3 is 0 Å². The molecule has 0 saturated carbocycles. The van der Waals surface area contributed by atoms with Gasteiger partial charge in [-0.2, -0.15) is 5.26 Å². The molecule has 0 spiro atoms. The first kappa shape index (κ1) is 43.4. The van der Waals surface area contributed by atoms with Gasteiger partial charge in [-0.25, -0.2) is 0 Å². The Morgan fingerprint density at radius 1 is 0.673 bits per heavy atom. The summed E-state index contributed by atoms with van der Waals surface area (Å²) in [6.45, 7) is 25.3. The monoisotopic (exact) mass is 746 g/mol. The topological polar surface area (TPSA) is 79.6 Å². The van der Waals surface area contributed by atoms with E-state index in [2.05, 4.69) is 149 Å². The van der Waals surface area contributed by atoms with Gasteiger partial charge in [-0.15, -0.1) is 4.99 Å². The molecule has 0 aromatic heterocycles. The van der Waals surface area contributed by atoms with Crippen LogP contribution in [-0.4, -0.2) is 96.1 Å². The summed E-state index contributed by atoms with van der Waals surface area (Å²) >= 11 is 0. The zero-order valence-corrected chi connectivity index (χ0v) is 35.7. The summed E-state index contributed by atoms with van der Waals surface area (Å²) in [5, 5.41) is 10.3. The van der Waals surface area contributed by atoms with Crippen molar-refractivity contribution in [2.75, 3.05) is 39.9 Å². The van der Waals surface area contributed by atoms with Gasteiger partial charge in [0, 0.05) is 42.5 Å². The summed E-state index contributed by atoms with van der Waals surface area (Å²) in [6.07, 6.45) is 7.02. The van der Waals surface area contributed by atoms with Gasteiger partial charge in [0.15, 0.2) is 0 Å². The van der Waals surface area contributed by atoms with Gasteiger partial charge in [-0.1, -0.05) is 123 Å². The Labute approximate surface area is 317 Å². The van der Waals surface area contributed by atoms with Crippen LogP contribution in [0.3, 0.4) is 0 Å². The smallest absolute Gasteiger partial charge is 0.213 e. The maximum Gasteiger partial charge on any atom is 0.213 e. The summed E-state index contributed by atoms with van der Waals surface area (Å²) in [4.78, 5) is 9.17. The minimum Gasteiger partial charge on any atom is -0.356 e. The fourth-order valence-corrected chi connectivity index (χ4v) is 7.64. The van der Waals surface area contributed by atoms with Crippen molar-refractivity contribution in [1.29, 1.82) is 5.26 Å². The van der Waals surface area contributed by atoms with Crippen LogP contribution in [0, 0.1) is 11.5 Å². The number of nitriles is 1. The lowest BCUT2D eigenvalue weighted by Crippen LogP contribution is -2.53. The summed E-state index contributed by atoms with van der Waals surface area (Å²) in [5.74, 6) is 0.623. The molecule has 0 bridgehead atoms. The molecule has 1 heterocycles. The van der Waals surface area contributed by atoms with E-state index in [1.807, 2.05) is 12.1 Å². The maximum atomic E-state index is 10.3. The van der Waals surface area contributed by atoms with Crippen molar-refractivity contribution in [3.63, 3.8) is 0 Å². The fourth-order valence-electron chi connectivity index (χ4n) is 6.13. The molecule has 1 saturated heterocycles. The molecule has 2 aromatic rings. The molecule has 0 unspecified atom stereocenters. The van der Waals surface area contributed by atoms with Crippen LogP contribution >= 0.6 is 0 Å². The van der Waals surface area contributed by atoms with E-state index in [0.29, 0.717) is 45.1 Å². The summed E-state index contributed by atoms with van der Waals surface area (Å²) in [6, 6.07) is 22.6. The van der Waals surface area contributed by atoms with Crippen molar-refractivity contribution < 1.29 is 18.9 Å². The van der Waals surface area contributed by atoms with Gasteiger partial charge in [0.05, 0.1) is 12.1 Å². The lowest BCUT2D eigenvalue weighted by molar-refractivity contribution is -0.187. The zero-order valence-electron chi connectivity index (χ0n) is 33.7. The molecule has 286 valence electrons. The average molecular weight is 747 g/mol. The standard InChI is InChI=1S/C42H66N4O4Si2/c1-34(2)21-23-45-38(29-36-17-13-11-14-18-36)40(49-32-47-25-27-51(5,6)7)41(50-33-48-26-28-52(8,9)10)39(30-37-19-15-12-16-20-37)46(24-22-35(3)4)42(45)44-31-43/h11-22,38-41H,23-30,32-33H2,1-10H3/t38-,39-,40+,41+/m1/s1. The molecule has 4 atom stereocenters. The van der Waals surface area contributed by atoms with E-state index in [0.717, 1.165) is 12.1 Å². The minimum atomic E-state index is -1.30. The second-order valence-corrected chi connectivity index (χ2v) is 28.1. The molecule has 2 aromatic carbocycles. The number of aliphatic imine (C=N–C) groups is 1. The van der Waals surface area contributed by atoms with Crippen LogP contribution in [0.4, 0.5) is 0 Å².